The number of benzene rings is 1. The normalized spacial score (nSPS) is 16.7. The van der Waals surface area contributed by atoms with Gasteiger partial charge in [0.2, 0.25) is 5.91 Å². The van der Waals surface area contributed by atoms with Crippen molar-refractivity contribution in [1.82, 2.24) is 10.3 Å². The van der Waals surface area contributed by atoms with E-state index in [0.717, 1.165) is 41.3 Å². The molecule has 22 heavy (non-hydrogen) atoms. The Morgan fingerprint density at radius 1 is 1.45 bits per heavy atom. The van der Waals surface area contributed by atoms with E-state index < -0.39 is 0 Å². The number of rotatable bonds is 5. The number of hydrogen-bond donors (Lipinski definition) is 1. The Bertz CT molecular complexity index is 654. The second-order valence-corrected chi connectivity index (χ2v) is 6.39. The van der Waals surface area contributed by atoms with E-state index in [1.54, 1.807) is 11.3 Å². The molecule has 0 spiro atoms. The van der Waals surface area contributed by atoms with Crippen molar-refractivity contribution in [2.45, 2.75) is 26.2 Å². The lowest BCUT2D eigenvalue weighted by Gasteiger charge is -2.24. The van der Waals surface area contributed by atoms with Gasteiger partial charge in [-0.2, -0.15) is 0 Å². The van der Waals surface area contributed by atoms with Crippen LogP contribution < -0.4 is 10.1 Å². The van der Waals surface area contributed by atoms with Gasteiger partial charge in [-0.1, -0.05) is 25.1 Å². The van der Waals surface area contributed by atoms with Crippen LogP contribution in [0.5, 0.6) is 5.75 Å². The van der Waals surface area contributed by atoms with Gasteiger partial charge < -0.3 is 10.1 Å². The minimum atomic E-state index is -0.0996. The largest absolute Gasteiger partial charge is 0.492 e. The molecule has 0 aliphatic carbocycles. The number of thiazole rings is 1. The molecule has 2 heterocycles. The Morgan fingerprint density at radius 3 is 3.14 bits per heavy atom. The molecule has 0 bridgehead atoms. The van der Waals surface area contributed by atoms with Crippen LogP contribution in [0.4, 0.5) is 0 Å². The van der Waals surface area contributed by atoms with Gasteiger partial charge in [0, 0.05) is 18.3 Å². The number of para-hydroxylation sites is 1. The number of nitrogens with zero attached hydrogens (tertiary/aromatic N) is 1. The van der Waals surface area contributed by atoms with E-state index in [4.69, 9.17) is 4.74 Å². The molecule has 0 saturated heterocycles. The quantitative estimate of drug-likeness (QED) is 0.922. The molecule has 116 valence electrons. The SMILES string of the molecule is CCc1csc(CCNC(=O)[C@@H]2COc3ccccc3C2)n1. The summed E-state index contributed by atoms with van der Waals surface area (Å²) in [5.74, 6) is 0.876. The third-order valence-corrected chi connectivity index (χ3v) is 4.81. The molecule has 1 N–H and O–H groups in total. The van der Waals surface area contributed by atoms with Crippen molar-refractivity contribution in [3.63, 3.8) is 0 Å². The molecule has 3 rings (SSSR count). The number of fused-ring (bicyclic) bond motifs is 1. The van der Waals surface area contributed by atoms with Crippen LogP contribution in [0.15, 0.2) is 29.6 Å². The van der Waals surface area contributed by atoms with E-state index in [-0.39, 0.29) is 11.8 Å². The van der Waals surface area contributed by atoms with Crippen molar-refractivity contribution in [3.8, 4) is 5.75 Å². The average Bonchev–Trinajstić information content (AvgIpc) is 3.02. The number of aryl methyl sites for hydroxylation is 1. The number of ether oxygens (including phenoxy) is 1. The highest BCUT2D eigenvalue weighted by molar-refractivity contribution is 7.09. The van der Waals surface area contributed by atoms with Crippen molar-refractivity contribution in [2.75, 3.05) is 13.2 Å². The van der Waals surface area contributed by atoms with Gasteiger partial charge in [-0.3, -0.25) is 4.79 Å². The van der Waals surface area contributed by atoms with Crippen molar-refractivity contribution < 1.29 is 9.53 Å². The predicted molar refractivity (Wildman–Crippen MR) is 87.3 cm³/mol. The molecule has 1 aromatic heterocycles. The monoisotopic (exact) mass is 316 g/mol. The van der Waals surface area contributed by atoms with Crippen molar-refractivity contribution in [2.24, 2.45) is 5.92 Å². The molecule has 1 aromatic carbocycles. The average molecular weight is 316 g/mol. The predicted octanol–water partition coefficient (Wildman–Crippen LogP) is 2.62. The first-order valence-electron chi connectivity index (χ1n) is 7.68. The maximum absolute atomic E-state index is 12.3. The van der Waals surface area contributed by atoms with Crippen molar-refractivity contribution in [1.29, 1.82) is 0 Å². The van der Waals surface area contributed by atoms with Gasteiger partial charge in [0.25, 0.3) is 0 Å². The molecule has 0 fully saturated rings. The van der Waals surface area contributed by atoms with E-state index in [9.17, 15) is 4.79 Å². The van der Waals surface area contributed by atoms with Crippen LogP contribution in [-0.4, -0.2) is 24.0 Å². The van der Waals surface area contributed by atoms with Crippen LogP contribution in [0.1, 0.15) is 23.2 Å². The molecule has 0 unspecified atom stereocenters. The standard InChI is InChI=1S/C17H20N2O2S/c1-2-14-11-22-16(19-14)7-8-18-17(20)13-9-12-5-3-4-6-15(12)21-10-13/h3-6,11,13H,2,7-10H2,1H3,(H,18,20)/t13-/m0/s1. The van der Waals surface area contributed by atoms with Gasteiger partial charge in [-0.05, 0) is 24.5 Å². The van der Waals surface area contributed by atoms with Gasteiger partial charge in [0.15, 0.2) is 0 Å². The van der Waals surface area contributed by atoms with E-state index in [2.05, 4.69) is 22.6 Å². The van der Waals surface area contributed by atoms with E-state index in [1.165, 1.54) is 0 Å². The molecular weight excluding hydrogens is 296 g/mol. The fraction of sp³-hybridized carbons (Fsp3) is 0.412. The van der Waals surface area contributed by atoms with Crippen molar-refractivity contribution >= 4 is 17.2 Å². The first-order chi connectivity index (χ1) is 10.8. The molecular formula is C17H20N2O2S. The Balaban J connectivity index is 1.48. The summed E-state index contributed by atoms with van der Waals surface area (Å²) in [6, 6.07) is 7.92. The summed E-state index contributed by atoms with van der Waals surface area (Å²) in [5.41, 5.74) is 2.24. The summed E-state index contributed by atoms with van der Waals surface area (Å²) in [4.78, 5) is 16.8. The molecule has 2 aromatic rings. The Kier molecular flexibility index (Phi) is 4.73. The van der Waals surface area contributed by atoms with E-state index in [0.29, 0.717) is 13.2 Å². The van der Waals surface area contributed by atoms with Crippen LogP contribution in [-0.2, 0) is 24.1 Å². The molecule has 4 nitrogen and oxygen atoms in total. The lowest BCUT2D eigenvalue weighted by molar-refractivity contribution is -0.126. The second kappa shape index (κ2) is 6.92. The van der Waals surface area contributed by atoms with Gasteiger partial charge in [0.05, 0.1) is 16.6 Å². The summed E-state index contributed by atoms with van der Waals surface area (Å²) in [6.07, 6.45) is 2.50. The highest BCUT2D eigenvalue weighted by Gasteiger charge is 2.25. The molecule has 1 aliphatic rings. The Morgan fingerprint density at radius 2 is 2.32 bits per heavy atom. The summed E-state index contributed by atoms with van der Waals surface area (Å²) < 4.78 is 5.67. The second-order valence-electron chi connectivity index (χ2n) is 5.45. The maximum atomic E-state index is 12.3. The first-order valence-corrected chi connectivity index (χ1v) is 8.56. The smallest absolute Gasteiger partial charge is 0.226 e. The zero-order valence-corrected chi connectivity index (χ0v) is 13.5. The fourth-order valence-electron chi connectivity index (χ4n) is 2.56. The summed E-state index contributed by atoms with van der Waals surface area (Å²) in [7, 11) is 0. The Labute approximate surface area is 134 Å². The summed E-state index contributed by atoms with van der Waals surface area (Å²) in [5, 5.41) is 6.18. The molecule has 0 saturated carbocycles. The lowest BCUT2D eigenvalue weighted by atomic mass is 9.96. The molecule has 5 heteroatoms. The summed E-state index contributed by atoms with van der Waals surface area (Å²) >= 11 is 1.66. The number of carbonyl (C=O) groups excluding carboxylic acids is 1. The van der Waals surface area contributed by atoms with Crippen LogP contribution >= 0.6 is 11.3 Å². The maximum Gasteiger partial charge on any atom is 0.226 e. The molecule has 0 radical (unpaired) electrons. The zero-order chi connectivity index (χ0) is 15.4. The van der Waals surface area contributed by atoms with Gasteiger partial charge >= 0.3 is 0 Å². The molecule has 1 atom stereocenters. The lowest BCUT2D eigenvalue weighted by Crippen LogP contribution is -2.38. The topological polar surface area (TPSA) is 51.2 Å². The van der Waals surface area contributed by atoms with Crippen LogP contribution in [0.2, 0.25) is 0 Å². The number of hydrogen-bond acceptors (Lipinski definition) is 4. The number of amides is 1. The number of carbonyl (C=O) groups is 1. The fourth-order valence-corrected chi connectivity index (χ4v) is 3.44. The van der Waals surface area contributed by atoms with Crippen LogP contribution in [0, 0.1) is 5.92 Å². The van der Waals surface area contributed by atoms with Crippen LogP contribution in [0.25, 0.3) is 0 Å². The van der Waals surface area contributed by atoms with Gasteiger partial charge in [0.1, 0.15) is 12.4 Å². The minimum Gasteiger partial charge on any atom is -0.492 e. The molecule has 1 amide bonds. The highest BCUT2D eigenvalue weighted by Crippen LogP contribution is 2.26. The van der Waals surface area contributed by atoms with Crippen molar-refractivity contribution in [3.05, 3.63) is 45.9 Å². The third kappa shape index (κ3) is 3.47. The number of aromatic nitrogens is 1. The van der Waals surface area contributed by atoms with Crippen LogP contribution in [0.3, 0.4) is 0 Å². The van der Waals surface area contributed by atoms with E-state index >= 15 is 0 Å². The summed E-state index contributed by atoms with van der Waals surface area (Å²) in [6.45, 7) is 3.19. The third-order valence-electron chi connectivity index (χ3n) is 3.85. The van der Waals surface area contributed by atoms with Gasteiger partial charge in [-0.25, -0.2) is 4.98 Å². The number of nitrogens with one attached hydrogen (secondary N) is 1. The first kappa shape index (κ1) is 15.0. The Hall–Kier alpha value is -1.88. The molecule has 1 aliphatic heterocycles. The highest BCUT2D eigenvalue weighted by atomic mass is 32.1. The van der Waals surface area contributed by atoms with E-state index in [1.807, 2.05) is 24.3 Å². The zero-order valence-electron chi connectivity index (χ0n) is 12.7. The van der Waals surface area contributed by atoms with Gasteiger partial charge in [-0.15, -0.1) is 11.3 Å². The minimum absolute atomic E-state index is 0.0711.